The molecule has 0 fully saturated rings. The van der Waals surface area contributed by atoms with Gasteiger partial charge in [0.25, 0.3) is 5.91 Å². The van der Waals surface area contributed by atoms with Gasteiger partial charge in [0.05, 0.1) is 13.0 Å². The summed E-state index contributed by atoms with van der Waals surface area (Å²) in [5, 5.41) is 9.79. The number of aryl methyl sites for hydroxylation is 1. The van der Waals surface area contributed by atoms with Crippen molar-refractivity contribution < 1.29 is 4.79 Å². The van der Waals surface area contributed by atoms with Gasteiger partial charge in [-0.05, 0) is 23.9 Å². The summed E-state index contributed by atoms with van der Waals surface area (Å²) >= 11 is 1.66. The van der Waals surface area contributed by atoms with Gasteiger partial charge in [0, 0.05) is 10.4 Å². The second-order valence-electron chi connectivity index (χ2n) is 6.53. The molecule has 140 valence electrons. The molecule has 0 atom stereocenters. The Morgan fingerprint density at radius 1 is 1.04 bits per heavy atom. The Bertz CT molecular complexity index is 1050. The normalized spacial score (nSPS) is 10.8. The predicted molar refractivity (Wildman–Crippen MR) is 113 cm³/mol. The molecule has 0 radical (unpaired) electrons. The highest BCUT2D eigenvalue weighted by atomic mass is 32.1. The van der Waals surface area contributed by atoms with E-state index in [2.05, 4.69) is 15.4 Å². The van der Waals surface area contributed by atoms with E-state index in [9.17, 15) is 4.79 Å². The van der Waals surface area contributed by atoms with Crippen LogP contribution in [0.5, 0.6) is 0 Å². The largest absolute Gasteiger partial charge is 0.349 e. The van der Waals surface area contributed by atoms with E-state index in [4.69, 9.17) is 0 Å². The molecule has 0 spiro atoms. The van der Waals surface area contributed by atoms with Crippen molar-refractivity contribution in [2.75, 3.05) is 5.32 Å². The van der Waals surface area contributed by atoms with Crippen molar-refractivity contribution >= 4 is 23.2 Å². The molecule has 4 rings (SSSR count). The van der Waals surface area contributed by atoms with E-state index in [-0.39, 0.29) is 12.3 Å². The first-order chi connectivity index (χ1) is 13.7. The van der Waals surface area contributed by atoms with Crippen molar-refractivity contribution in [2.24, 2.45) is 0 Å². The van der Waals surface area contributed by atoms with Crippen LogP contribution in [-0.2, 0) is 13.0 Å². The van der Waals surface area contributed by atoms with Crippen LogP contribution in [0, 0.1) is 6.92 Å². The molecule has 0 aliphatic carbocycles. The first kappa shape index (κ1) is 18.1. The van der Waals surface area contributed by atoms with Gasteiger partial charge in [-0.15, -0.1) is 16.4 Å². The van der Waals surface area contributed by atoms with E-state index in [1.54, 1.807) is 11.3 Å². The molecule has 1 N–H and O–H groups in total. The smallest absolute Gasteiger partial charge is 0.254 e. The maximum absolute atomic E-state index is 12.9. The first-order valence-corrected chi connectivity index (χ1v) is 9.94. The second-order valence-corrected chi connectivity index (χ2v) is 7.56. The van der Waals surface area contributed by atoms with Gasteiger partial charge in [-0.25, -0.2) is 0 Å². The van der Waals surface area contributed by atoms with E-state index < -0.39 is 0 Å². The molecule has 4 aromatic rings. The van der Waals surface area contributed by atoms with Gasteiger partial charge in [0.15, 0.2) is 5.82 Å². The quantitative estimate of drug-likeness (QED) is 0.515. The summed E-state index contributed by atoms with van der Waals surface area (Å²) in [4.78, 5) is 18.7. The molecule has 0 aliphatic heterocycles. The maximum Gasteiger partial charge on any atom is 0.254 e. The molecule has 2 aromatic carbocycles. The summed E-state index contributed by atoms with van der Waals surface area (Å²) in [6.45, 7) is 2.63. The number of anilines is 1. The van der Waals surface area contributed by atoms with Gasteiger partial charge < -0.3 is 5.32 Å². The Labute approximate surface area is 167 Å². The molecule has 2 aromatic heterocycles. The number of aromatic nitrogens is 3. The van der Waals surface area contributed by atoms with E-state index in [1.807, 2.05) is 79.0 Å². The van der Waals surface area contributed by atoms with Crippen molar-refractivity contribution in [3.05, 3.63) is 88.1 Å². The summed E-state index contributed by atoms with van der Waals surface area (Å²) in [7, 11) is 0. The number of thiophene rings is 1. The van der Waals surface area contributed by atoms with Crippen LogP contribution in [0.25, 0.3) is 11.4 Å². The molecule has 0 aliphatic rings. The molecule has 6 heteroatoms. The number of rotatable bonds is 6. The third kappa shape index (κ3) is 4.18. The molecule has 28 heavy (non-hydrogen) atoms. The summed E-state index contributed by atoms with van der Waals surface area (Å²) in [6, 6.07) is 21.7. The molecular formula is C22H20N4OS. The monoisotopic (exact) mass is 388 g/mol. The topological polar surface area (TPSA) is 59.8 Å². The minimum atomic E-state index is -0.120. The lowest BCUT2D eigenvalue weighted by Crippen LogP contribution is -2.18. The SMILES string of the molecule is Cc1ccc(-c2nc(NCc3cccs3)n(C(=O)Cc3ccccc3)n2)cc1. The third-order valence-corrected chi connectivity index (χ3v) is 5.23. The van der Waals surface area contributed by atoms with Crippen LogP contribution in [0.1, 0.15) is 20.8 Å². The minimum Gasteiger partial charge on any atom is -0.349 e. The Balaban J connectivity index is 1.63. The van der Waals surface area contributed by atoms with Crippen LogP contribution < -0.4 is 5.32 Å². The molecule has 2 heterocycles. The maximum atomic E-state index is 12.9. The van der Waals surface area contributed by atoms with Crippen LogP contribution in [0.4, 0.5) is 5.95 Å². The number of hydrogen-bond donors (Lipinski definition) is 1. The Kier molecular flexibility index (Phi) is 5.30. The zero-order valence-corrected chi connectivity index (χ0v) is 16.3. The zero-order valence-electron chi connectivity index (χ0n) is 15.5. The second kappa shape index (κ2) is 8.19. The van der Waals surface area contributed by atoms with Crippen LogP contribution in [0.2, 0.25) is 0 Å². The summed E-state index contributed by atoms with van der Waals surface area (Å²) in [5.74, 6) is 0.880. The highest BCUT2D eigenvalue weighted by molar-refractivity contribution is 7.09. The molecule has 0 amide bonds. The molecule has 0 saturated carbocycles. The predicted octanol–water partition coefficient (Wildman–Crippen LogP) is 4.81. The fourth-order valence-corrected chi connectivity index (χ4v) is 3.49. The van der Waals surface area contributed by atoms with Crippen molar-refractivity contribution in [1.82, 2.24) is 14.8 Å². The zero-order chi connectivity index (χ0) is 19.3. The van der Waals surface area contributed by atoms with Gasteiger partial charge in [-0.2, -0.15) is 9.67 Å². The number of nitrogens with zero attached hydrogens (tertiary/aromatic N) is 3. The summed E-state index contributed by atoms with van der Waals surface area (Å²) in [5.41, 5.74) is 3.00. The molecule has 0 bridgehead atoms. The number of nitrogens with one attached hydrogen (secondary N) is 1. The van der Waals surface area contributed by atoms with Crippen molar-refractivity contribution in [3.8, 4) is 11.4 Å². The number of carbonyl (C=O) groups is 1. The number of hydrogen-bond acceptors (Lipinski definition) is 5. The number of benzene rings is 2. The lowest BCUT2D eigenvalue weighted by atomic mass is 10.1. The lowest BCUT2D eigenvalue weighted by molar-refractivity contribution is 0.0901. The Hall–Kier alpha value is -3.25. The number of carbonyl (C=O) groups excluding carboxylic acids is 1. The highest BCUT2D eigenvalue weighted by Crippen LogP contribution is 2.20. The average molecular weight is 388 g/mol. The van der Waals surface area contributed by atoms with Crippen molar-refractivity contribution in [1.29, 1.82) is 0 Å². The highest BCUT2D eigenvalue weighted by Gasteiger charge is 2.17. The van der Waals surface area contributed by atoms with E-state index >= 15 is 0 Å². The van der Waals surface area contributed by atoms with E-state index in [1.165, 1.54) is 15.1 Å². The van der Waals surface area contributed by atoms with E-state index in [0.29, 0.717) is 18.3 Å². The van der Waals surface area contributed by atoms with Crippen molar-refractivity contribution in [2.45, 2.75) is 19.9 Å². The van der Waals surface area contributed by atoms with Gasteiger partial charge >= 0.3 is 0 Å². The Morgan fingerprint density at radius 3 is 2.54 bits per heavy atom. The van der Waals surface area contributed by atoms with Crippen LogP contribution in [-0.4, -0.2) is 20.7 Å². The molecule has 5 nitrogen and oxygen atoms in total. The van der Waals surface area contributed by atoms with Crippen molar-refractivity contribution in [3.63, 3.8) is 0 Å². The average Bonchev–Trinajstić information content (AvgIpc) is 3.37. The van der Waals surface area contributed by atoms with Crippen LogP contribution in [0.15, 0.2) is 72.1 Å². The van der Waals surface area contributed by atoms with Gasteiger partial charge in [-0.3, -0.25) is 4.79 Å². The standard InChI is InChI=1S/C22H20N4OS/c1-16-9-11-18(12-10-16)21-24-22(23-15-19-8-5-13-28-19)26(25-21)20(27)14-17-6-3-2-4-7-17/h2-13H,14-15H2,1H3,(H,23,24,25). The summed E-state index contributed by atoms with van der Waals surface area (Å²) in [6.07, 6.45) is 0.269. The van der Waals surface area contributed by atoms with E-state index in [0.717, 1.165) is 11.1 Å². The fourth-order valence-electron chi connectivity index (χ4n) is 2.85. The molecular weight excluding hydrogens is 368 g/mol. The lowest BCUT2D eigenvalue weighted by Gasteiger charge is -2.06. The Morgan fingerprint density at radius 2 is 1.82 bits per heavy atom. The third-order valence-electron chi connectivity index (χ3n) is 4.35. The van der Waals surface area contributed by atoms with Gasteiger partial charge in [0.1, 0.15) is 0 Å². The molecule has 0 saturated heterocycles. The summed E-state index contributed by atoms with van der Waals surface area (Å²) < 4.78 is 1.38. The van der Waals surface area contributed by atoms with Gasteiger partial charge in [-0.1, -0.05) is 66.2 Å². The van der Waals surface area contributed by atoms with Crippen LogP contribution >= 0.6 is 11.3 Å². The van der Waals surface area contributed by atoms with Gasteiger partial charge in [0.2, 0.25) is 5.95 Å². The van der Waals surface area contributed by atoms with Crippen LogP contribution in [0.3, 0.4) is 0 Å². The first-order valence-electron chi connectivity index (χ1n) is 9.06. The fraction of sp³-hybridized carbons (Fsp3) is 0.136. The minimum absolute atomic E-state index is 0.120. The molecule has 0 unspecified atom stereocenters.